The lowest BCUT2D eigenvalue weighted by Gasteiger charge is -2.31. The second-order valence-electron chi connectivity index (χ2n) is 6.03. The van der Waals surface area contributed by atoms with Crippen LogP contribution in [0.5, 0.6) is 0 Å². The van der Waals surface area contributed by atoms with Crippen molar-refractivity contribution in [3.63, 3.8) is 0 Å². The summed E-state index contributed by atoms with van der Waals surface area (Å²) in [6, 6.07) is 0.409. The molecule has 110 valence electrons. The summed E-state index contributed by atoms with van der Waals surface area (Å²) < 4.78 is 5.50. The van der Waals surface area contributed by atoms with Gasteiger partial charge in [-0.05, 0) is 19.8 Å². The van der Waals surface area contributed by atoms with Crippen molar-refractivity contribution >= 4 is 5.91 Å². The second kappa shape index (κ2) is 7.85. The van der Waals surface area contributed by atoms with Crippen LogP contribution in [-0.4, -0.2) is 49.2 Å². The smallest absolute Gasteiger partial charge is 0.234 e. The molecule has 1 saturated heterocycles. The molecular weight excluding hydrogens is 240 g/mol. The number of nitrogens with zero attached hydrogens (tertiary/aromatic N) is 1. The number of ether oxygens (including phenoxy) is 1. The molecule has 0 aromatic carbocycles. The Kier molecular flexibility index (Phi) is 6.11. The highest BCUT2D eigenvalue weighted by Crippen LogP contribution is 2.17. The molecule has 19 heavy (non-hydrogen) atoms. The van der Waals surface area contributed by atoms with E-state index in [1.807, 2.05) is 0 Å². The molecule has 0 spiro atoms. The standard InChI is InChI=1S/C15H28N2O2/c1-13-11-17(9-10-19-13)12-15(18)16-14-7-5-3-2-4-6-8-14/h13-14H,2-12H2,1H3,(H,16,18). The first-order valence-electron chi connectivity index (χ1n) is 7.87. The van der Waals surface area contributed by atoms with E-state index in [4.69, 9.17) is 4.74 Å². The number of rotatable bonds is 3. The summed E-state index contributed by atoms with van der Waals surface area (Å²) in [5.74, 6) is 0.194. The predicted octanol–water partition coefficient (Wildman–Crippen LogP) is 1.94. The number of carbonyl (C=O) groups excluding carboxylic acids is 1. The summed E-state index contributed by atoms with van der Waals surface area (Å²) in [6.07, 6.45) is 9.12. The van der Waals surface area contributed by atoms with Gasteiger partial charge >= 0.3 is 0 Å². The normalized spacial score (nSPS) is 27.5. The van der Waals surface area contributed by atoms with Crippen molar-refractivity contribution in [2.75, 3.05) is 26.2 Å². The van der Waals surface area contributed by atoms with Crippen molar-refractivity contribution in [3.8, 4) is 0 Å². The third-order valence-electron chi connectivity index (χ3n) is 4.16. The Bertz CT molecular complexity index is 275. The van der Waals surface area contributed by atoms with E-state index < -0.39 is 0 Å². The van der Waals surface area contributed by atoms with E-state index >= 15 is 0 Å². The van der Waals surface area contributed by atoms with Gasteiger partial charge in [-0.25, -0.2) is 0 Å². The molecule has 2 aliphatic rings. The molecule has 1 unspecified atom stereocenters. The molecule has 2 rings (SSSR count). The molecule has 0 bridgehead atoms. The maximum Gasteiger partial charge on any atom is 0.234 e. The van der Waals surface area contributed by atoms with Crippen molar-refractivity contribution < 1.29 is 9.53 Å². The summed E-state index contributed by atoms with van der Waals surface area (Å²) in [4.78, 5) is 14.3. The SMILES string of the molecule is CC1CN(CC(=O)NC2CCCCCCC2)CCO1. The number of morpholine rings is 1. The summed E-state index contributed by atoms with van der Waals surface area (Å²) >= 11 is 0. The molecule has 0 aromatic heterocycles. The van der Waals surface area contributed by atoms with Crippen LogP contribution in [0.15, 0.2) is 0 Å². The zero-order chi connectivity index (χ0) is 13.5. The van der Waals surface area contributed by atoms with E-state index in [9.17, 15) is 4.79 Å². The van der Waals surface area contributed by atoms with Crippen molar-refractivity contribution in [1.29, 1.82) is 0 Å². The molecule has 2 fully saturated rings. The average Bonchev–Trinajstić information content (AvgIpc) is 2.32. The lowest BCUT2D eigenvalue weighted by molar-refractivity contribution is -0.124. The highest BCUT2D eigenvalue weighted by Gasteiger charge is 2.20. The predicted molar refractivity (Wildman–Crippen MR) is 76.1 cm³/mol. The van der Waals surface area contributed by atoms with E-state index in [1.54, 1.807) is 0 Å². The average molecular weight is 268 g/mol. The molecule has 1 aliphatic heterocycles. The third kappa shape index (κ3) is 5.49. The van der Waals surface area contributed by atoms with Crippen LogP contribution < -0.4 is 5.32 Å². The Morgan fingerprint density at radius 3 is 2.58 bits per heavy atom. The van der Waals surface area contributed by atoms with Gasteiger partial charge in [-0.2, -0.15) is 0 Å². The van der Waals surface area contributed by atoms with Gasteiger partial charge in [0.05, 0.1) is 19.3 Å². The summed E-state index contributed by atoms with van der Waals surface area (Å²) in [7, 11) is 0. The van der Waals surface area contributed by atoms with Crippen LogP contribution in [0, 0.1) is 0 Å². The van der Waals surface area contributed by atoms with Gasteiger partial charge in [-0.1, -0.05) is 32.1 Å². The first kappa shape index (κ1) is 14.8. The Morgan fingerprint density at radius 1 is 1.21 bits per heavy atom. The van der Waals surface area contributed by atoms with Crippen LogP contribution in [0.3, 0.4) is 0 Å². The van der Waals surface area contributed by atoms with Crippen LogP contribution >= 0.6 is 0 Å². The first-order chi connectivity index (χ1) is 9.24. The van der Waals surface area contributed by atoms with Gasteiger partial charge in [0.1, 0.15) is 0 Å². The maximum absolute atomic E-state index is 12.1. The first-order valence-corrected chi connectivity index (χ1v) is 7.87. The van der Waals surface area contributed by atoms with Gasteiger partial charge in [-0.15, -0.1) is 0 Å². The van der Waals surface area contributed by atoms with Crippen LogP contribution in [0.4, 0.5) is 0 Å². The monoisotopic (exact) mass is 268 g/mol. The fourth-order valence-corrected chi connectivity index (χ4v) is 3.11. The lowest BCUT2D eigenvalue weighted by atomic mass is 9.97. The molecule has 1 saturated carbocycles. The van der Waals surface area contributed by atoms with Crippen LogP contribution in [-0.2, 0) is 9.53 Å². The third-order valence-corrected chi connectivity index (χ3v) is 4.16. The molecular formula is C15H28N2O2. The second-order valence-corrected chi connectivity index (χ2v) is 6.03. The van der Waals surface area contributed by atoms with Gasteiger partial charge in [0, 0.05) is 19.1 Å². The lowest BCUT2D eigenvalue weighted by Crippen LogP contribution is -2.47. The van der Waals surface area contributed by atoms with Crippen molar-refractivity contribution in [2.24, 2.45) is 0 Å². The molecule has 4 heteroatoms. The van der Waals surface area contributed by atoms with Crippen LogP contribution in [0.25, 0.3) is 0 Å². The molecule has 1 heterocycles. The largest absolute Gasteiger partial charge is 0.376 e. The Balaban J connectivity index is 1.70. The van der Waals surface area contributed by atoms with Gasteiger partial charge in [0.15, 0.2) is 0 Å². The Morgan fingerprint density at radius 2 is 1.89 bits per heavy atom. The quantitative estimate of drug-likeness (QED) is 0.850. The van der Waals surface area contributed by atoms with Gasteiger partial charge < -0.3 is 10.1 Å². The van der Waals surface area contributed by atoms with E-state index in [-0.39, 0.29) is 12.0 Å². The van der Waals surface area contributed by atoms with Gasteiger partial charge in [0.2, 0.25) is 5.91 Å². The number of amides is 1. The summed E-state index contributed by atoms with van der Waals surface area (Å²) in [5, 5.41) is 3.23. The van der Waals surface area contributed by atoms with Crippen LogP contribution in [0.2, 0.25) is 0 Å². The number of nitrogens with one attached hydrogen (secondary N) is 1. The fourth-order valence-electron chi connectivity index (χ4n) is 3.11. The Hall–Kier alpha value is -0.610. The van der Waals surface area contributed by atoms with E-state index in [1.165, 1.54) is 32.1 Å². The minimum absolute atomic E-state index is 0.194. The highest BCUT2D eigenvalue weighted by molar-refractivity contribution is 5.78. The molecule has 0 aromatic rings. The van der Waals surface area contributed by atoms with Crippen molar-refractivity contribution in [3.05, 3.63) is 0 Å². The summed E-state index contributed by atoms with van der Waals surface area (Å²) in [5.41, 5.74) is 0. The molecule has 4 nitrogen and oxygen atoms in total. The minimum atomic E-state index is 0.194. The Labute approximate surface area is 116 Å². The fraction of sp³-hybridized carbons (Fsp3) is 0.933. The van der Waals surface area contributed by atoms with Crippen molar-refractivity contribution in [1.82, 2.24) is 10.2 Å². The number of hydrogen-bond acceptors (Lipinski definition) is 3. The molecule has 0 radical (unpaired) electrons. The van der Waals surface area contributed by atoms with Crippen molar-refractivity contribution in [2.45, 2.75) is 64.0 Å². The topological polar surface area (TPSA) is 41.6 Å². The zero-order valence-corrected chi connectivity index (χ0v) is 12.2. The van der Waals surface area contributed by atoms with Gasteiger partial charge in [-0.3, -0.25) is 9.69 Å². The van der Waals surface area contributed by atoms with E-state index in [0.29, 0.717) is 12.6 Å². The van der Waals surface area contributed by atoms with Crippen LogP contribution in [0.1, 0.15) is 51.9 Å². The zero-order valence-electron chi connectivity index (χ0n) is 12.2. The molecule has 1 aliphatic carbocycles. The molecule has 1 atom stereocenters. The molecule has 1 amide bonds. The van der Waals surface area contributed by atoms with E-state index in [0.717, 1.165) is 32.5 Å². The molecule has 1 N–H and O–H groups in total. The minimum Gasteiger partial charge on any atom is -0.376 e. The highest BCUT2D eigenvalue weighted by atomic mass is 16.5. The van der Waals surface area contributed by atoms with Gasteiger partial charge in [0.25, 0.3) is 0 Å². The number of carbonyl (C=O) groups is 1. The summed E-state index contributed by atoms with van der Waals surface area (Å²) in [6.45, 7) is 5.10. The number of hydrogen-bond donors (Lipinski definition) is 1. The van der Waals surface area contributed by atoms with E-state index in [2.05, 4.69) is 17.1 Å². The maximum atomic E-state index is 12.1.